The van der Waals surface area contributed by atoms with Gasteiger partial charge in [-0.1, -0.05) is 12.1 Å². The molecule has 0 saturated carbocycles. The van der Waals surface area contributed by atoms with Crippen molar-refractivity contribution in [1.29, 1.82) is 0 Å². The third kappa shape index (κ3) is 7.78. The number of nitrogens with two attached hydrogens (primary N) is 1. The number of nitrogens with one attached hydrogen (secondary N) is 2. The van der Waals surface area contributed by atoms with Crippen LogP contribution < -0.4 is 15.8 Å². The highest BCUT2D eigenvalue weighted by molar-refractivity contribution is 8.00. The van der Waals surface area contributed by atoms with E-state index < -0.39 is 57.4 Å². The van der Waals surface area contributed by atoms with Crippen LogP contribution in [0.3, 0.4) is 0 Å². The molecule has 1 fully saturated rings. The van der Waals surface area contributed by atoms with Gasteiger partial charge < -0.3 is 21.3 Å². The maximum atomic E-state index is 12.7. The summed E-state index contributed by atoms with van der Waals surface area (Å²) in [4.78, 5) is 47.1. The molecule has 1 unspecified atom stereocenters. The van der Waals surface area contributed by atoms with Gasteiger partial charge in [0.05, 0.1) is 6.26 Å². The molecule has 18 heteroatoms. The number of amides is 2. The Bertz CT molecular complexity index is 1260. The van der Waals surface area contributed by atoms with E-state index in [0.29, 0.717) is 22.6 Å². The number of carboxylic acids is 2. The van der Waals surface area contributed by atoms with Crippen LogP contribution in [-0.2, 0) is 29.2 Å². The number of benzene rings is 1. The summed E-state index contributed by atoms with van der Waals surface area (Å²) in [5.74, 6) is -4.08. The average Bonchev–Trinajstić information content (AvgIpc) is 2.80. The van der Waals surface area contributed by atoms with Crippen LogP contribution in [0.1, 0.15) is 11.6 Å². The summed E-state index contributed by atoms with van der Waals surface area (Å²) in [5.41, 5.74) is 7.30. The quantitative estimate of drug-likeness (QED) is 0.265. The fourth-order valence-corrected chi connectivity index (χ4v) is 5.99. The molecule has 38 heavy (non-hydrogen) atoms. The van der Waals surface area contributed by atoms with Gasteiger partial charge in [-0.25, -0.2) is 18.0 Å². The van der Waals surface area contributed by atoms with E-state index >= 15 is 0 Å². The largest absolute Gasteiger partial charge is 0.490 e. The van der Waals surface area contributed by atoms with Crippen molar-refractivity contribution in [1.82, 2.24) is 10.2 Å². The number of halogens is 3. The van der Waals surface area contributed by atoms with Crippen molar-refractivity contribution >= 4 is 63.0 Å². The summed E-state index contributed by atoms with van der Waals surface area (Å²) in [7, 11) is -3.49. The Kier molecular flexibility index (Phi) is 10.1. The molecule has 0 aliphatic carbocycles. The van der Waals surface area contributed by atoms with Gasteiger partial charge >= 0.3 is 18.1 Å². The van der Waals surface area contributed by atoms with Crippen LogP contribution in [0.2, 0.25) is 0 Å². The van der Waals surface area contributed by atoms with Gasteiger partial charge in [0.25, 0.3) is 5.91 Å². The molecular weight excluding hydrogens is 577 g/mol. The number of sulfonamides is 1. The van der Waals surface area contributed by atoms with E-state index in [-0.39, 0.29) is 11.4 Å². The number of carboxylic acid groups (broad SMARTS) is 2. The number of β-lactam (4-membered cyclic amide) rings is 1. The van der Waals surface area contributed by atoms with Crippen LogP contribution in [0.4, 0.5) is 18.9 Å². The highest BCUT2D eigenvalue weighted by atomic mass is 32.2. The number of anilines is 1. The lowest BCUT2D eigenvalue weighted by Crippen LogP contribution is -2.71. The molecule has 1 aromatic carbocycles. The minimum atomic E-state index is -5.08. The molecule has 210 valence electrons. The molecule has 1 saturated heterocycles. The van der Waals surface area contributed by atoms with Crippen molar-refractivity contribution in [3.05, 3.63) is 41.1 Å². The zero-order valence-corrected chi connectivity index (χ0v) is 22.1. The summed E-state index contributed by atoms with van der Waals surface area (Å²) in [5, 5.41) is 18.8. The van der Waals surface area contributed by atoms with Gasteiger partial charge in [0, 0.05) is 17.2 Å². The van der Waals surface area contributed by atoms with Crippen LogP contribution in [-0.4, -0.2) is 88.9 Å². The van der Waals surface area contributed by atoms with Gasteiger partial charge in [-0.3, -0.25) is 19.2 Å². The predicted molar refractivity (Wildman–Crippen MR) is 134 cm³/mol. The second-order valence-corrected chi connectivity index (χ2v) is 11.6. The zero-order valence-electron chi connectivity index (χ0n) is 19.7. The van der Waals surface area contributed by atoms with E-state index in [1.165, 1.54) is 40.6 Å². The maximum Gasteiger partial charge on any atom is 0.490 e. The fraction of sp³-hybridized carbons (Fsp3) is 0.400. The Morgan fingerprint density at radius 1 is 1.29 bits per heavy atom. The minimum absolute atomic E-state index is 0.0163. The number of carbonyl (C=O) groups excluding carboxylic acids is 2. The van der Waals surface area contributed by atoms with Crippen molar-refractivity contribution < 1.29 is 51.0 Å². The number of alkyl halides is 3. The SMILES string of the molecule is CSCC1=C(C(=O)O)N2C(=O)C(NC(=O)[C@H](N)c3cccc(NS(C)(=O)=O)c3)[C@H]2SC1.O=C(O)C(F)(F)F. The highest BCUT2D eigenvalue weighted by Crippen LogP contribution is 2.41. The van der Waals surface area contributed by atoms with Gasteiger partial charge in [-0.15, -0.1) is 11.8 Å². The first kappa shape index (κ1) is 31.3. The lowest BCUT2D eigenvalue weighted by molar-refractivity contribution is -0.192. The normalized spacial score (nSPS) is 19.8. The lowest BCUT2D eigenvalue weighted by atomic mass is 10.0. The summed E-state index contributed by atoms with van der Waals surface area (Å²) in [6, 6.07) is 4.06. The van der Waals surface area contributed by atoms with Crippen molar-refractivity contribution in [3.63, 3.8) is 0 Å². The molecule has 2 heterocycles. The Hall–Kier alpha value is -2.96. The van der Waals surface area contributed by atoms with Crippen LogP contribution in [0.25, 0.3) is 0 Å². The topological polar surface area (TPSA) is 196 Å². The number of thioether (sulfide) groups is 2. The van der Waals surface area contributed by atoms with Crippen LogP contribution in [0.5, 0.6) is 0 Å². The molecule has 0 spiro atoms. The van der Waals surface area contributed by atoms with Gasteiger partial charge in [0.15, 0.2) is 0 Å². The standard InChI is InChI=1S/C18H22N4O6S3.C2HF3O2/c1-29-7-10-8-30-17-13(16(24)22(17)14(10)18(25)26)20-15(23)12(19)9-4-3-5-11(6-9)21-31(2,27)28;3-2(4,5)1(6)7/h3-6,12-13,17,21H,7-8,19H2,1-2H3,(H,20,23)(H,25,26);(H,6,7)/t12-,13?,17-;/m1./s1. The van der Waals surface area contributed by atoms with Crippen molar-refractivity contribution in [2.75, 3.05) is 28.7 Å². The van der Waals surface area contributed by atoms with Crippen LogP contribution in [0, 0.1) is 0 Å². The molecular formula is C20H23F3N4O8S3. The average molecular weight is 601 g/mol. The maximum absolute atomic E-state index is 12.7. The Labute approximate surface area is 223 Å². The summed E-state index contributed by atoms with van der Waals surface area (Å²) in [6.45, 7) is 0. The molecule has 0 radical (unpaired) electrons. The molecule has 2 aliphatic heterocycles. The number of rotatable bonds is 8. The Balaban J connectivity index is 0.000000638. The molecule has 0 aromatic heterocycles. The Morgan fingerprint density at radius 3 is 2.39 bits per heavy atom. The number of nitrogens with zero attached hydrogens (tertiary/aromatic N) is 1. The van der Waals surface area contributed by atoms with Crippen molar-refractivity contribution in [3.8, 4) is 0 Å². The first-order chi connectivity index (χ1) is 17.5. The zero-order chi connectivity index (χ0) is 29.0. The van der Waals surface area contributed by atoms with Gasteiger partial charge in [-0.05, 0) is 29.5 Å². The van der Waals surface area contributed by atoms with Crippen LogP contribution >= 0.6 is 23.5 Å². The smallest absolute Gasteiger partial charge is 0.477 e. The molecule has 2 amide bonds. The molecule has 1 aromatic rings. The third-order valence-corrected chi connectivity index (χ3v) is 7.52. The van der Waals surface area contributed by atoms with Gasteiger partial charge in [-0.2, -0.15) is 24.9 Å². The molecule has 3 atom stereocenters. The van der Waals surface area contributed by atoms with E-state index in [1.807, 2.05) is 6.26 Å². The second kappa shape index (κ2) is 12.3. The number of hydrogen-bond acceptors (Lipinski definition) is 9. The molecule has 2 aliphatic rings. The monoisotopic (exact) mass is 600 g/mol. The molecule has 3 rings (SSSR count). The fourth-order valence-electron chi connectivity index (χ4n) is 3.37. The molecule has 0 bridgehead atoms. The third-order valence-electron chi connectivity index (χ3n) is 4.94. The predicted octanol–water partition coefficient (Wildman–Crippen LogP) is 0.793. The summed E-state index contributed by atoms with van der Waals surface area (Å²) >= 11 is 2.86. The first-order valence-electron chi connectivity index (χ1n) is 10.3. The van der Waals surface area contributed by atoms with E-state index in [0.717, 1.165) is 6.26 Å². The van der Waals surface area contributed by atoms with E-state index in [9.17, 15) is 41.1 Å². The highest BCUT2D eigenvalue weighted by Gasteiger charge is 2.54. The molecule has 6 N–H and O–H groups in total. The van der Waals surface area contributed by atoms with Gasteiger partial charge in [0.2, 0.25) is 15.9 Å². The first-order valence-corrected chi connectivity index (χ1v) is 14.6. The molecule has 12 nitrogen and oxygen atoms in total. The minimum Gasteiger partial charge on any atom is -0.477 e. The summed E-state index contributed by atoms with van der Waals surface area (Å²) < 4.78 is 56.9. The Morgan fingerprint density at radius 2 is 1.89 bits per heavy atom. The number of carbonyl (C=O) groups is 4. The second-order valence-electron chi connectivity index (χ2n) is 7.87. The van der Waals surface area contributed by atoms with E-state index in [4.69, 9.17) is 15.6 Å². The van der Waals surface area contributed by atoms with Gasteiger partial charge in [0.1, 0.15) is 23.2 Å². The van der Waals surface area contributed by atoms with Crippen LogP contribution in [0.15, 0.2) is 35.5 Å². The summed E-state index contributed by atoms with van der Waals surface area (Å²) in [6.07, 6.45) is -2.22. The van der Waals surface area contributed by atoms with Crippen molar-refractivity contribution in [2.24, 2.45) is 5.73 Å². The van der Waals surface area contributed by atoms with E-state index in [1.54, 1.807) is 12.1 Å². The number of hydrogen-bond donors (Lipinski definition) is 5. The van der Waals surface area contributed by atoms with E-state index in [2.05, 4.69) is 10.0 Å². The number of aliphatic carboxylic acids is 2. The number of fused-ring (bicyclic) bond motifs is 1. The van der Waals surface area contributed by atoms with Crippen molar-refractivity contribution in [2.45, 2.75) is 23.6 Å². The lowest BCUT2D eigenvalue weighted by Gasteiger charge is -2.49.